The topological polar surface area (TPSA) is 75.6 Å². The van der Waals surface area contributed by atoms with Crippen LogP contribution in [-0.4, -0.2) is 40.3 Å². The summed E-state index contributed by atoms with van der Waals surface area (Å²) in [5.74, 6) is 2.46. The van der Waals surface area contributed by atoms with Crippen LogP contribution in [0.5, 0.6) is 0 Å². The lowest BCUT2D eigenvalue weighted by atomic mass is 10.2. The Morgan fingerprint density at radius 3 is 2.56 bits per heavy atom. The first-order valence-corrected chi connectivity index (χ1v) is 6.65. The lowest BCUT2D eigenvalue weighted by Crippen LogP contribution is -2.43. The lowest BCUT2D eigenvalue weighted by molar-refractivity contribution is -0.139. The second-order valence-corrected chi connectivity index (χ2v) is 5.69. The van der Waals surface area contributed by atoms with Gasteiger partial charge < -0.3 is 15.2 Å². The van der Waals surface area contributed by atoms with Crippen molar-refractivity contribution in [2.45, 2.75) is 38.8 Å². The highest BCUT2D eigenvalue weighted by Gasteiger charge is 2.23. The predicted octanol–water partition coefficient (Wildman–Crippen LogP) is 1.72. The van der Waals surface area contributed by atoms with Crippen molar-refractivity contribution in [3.8, 4) is 12.3 Å². The Morgan fingerprint density at radius 2 is 2.11 bits per heavy atom. The van der Waals surface area contributed by atoms with Gasteiger partial charge in [-0.15, -0.1) is 18.2 Å². The number of hydrogen-bond donors (Lipinski definition) is 2. The second kappa shape index (κ2) is 7.88. The van der Waals surface area contributed by atoms with Crippen molar-refractivity contribution in [1.29, 1.82) is 0 Å². The molecule has 0 saturated heterocycles. The van der Waals surface area contributed by atoms with Crippen LogP contribution in [0.2, 0.25) is 0 Å². The summed E-state index contributed by atoms with van der Waals surface area (Å²) in [4.78, 5) is 22.4. The zero-order chi connectivity index (χ0) is 14.2. The van der Waals surface area contributed by atoms with Crippen LogP contribution >= 0.6 is 11.8 Å². The van der Waals surface area contributed by atoms with Crippen LogP contribution in [0.1, 0.15) is 27.2 Å². The van der Waals surface area contributed by atoms with Crippen molar-refractivity contribution in [2.75, 3.05) is 11.5 Å². The van der Waals surface area contributed by atoms with Crippen LogP contribution in [-0.2, 0) is 9.53 Å². The van der Waals surface area contributed by atoms with E-state index in [4.69, 9.17) is 16.3 Å². The van der Waals surface area contributed by atoms with E-state index in [9.17, 15) is 9.59 Å². The van der Waals surface area contributed by atoms with E-state index in [0.29, 0.717) is 17.9 Å². The average Bonchev–Trinajstić information content (AvgIpc) is 2.19. The SMILES string of the molecule is C#CCSCCC(NC(=O)OC(C)(C)C)C(=O)O. The number of carbonyl (C=O) groups is 2. The number of carboxylic acids is 1. The van der Waals surface area contributed by atoms with Crippen LogP contribution in [0.4, 0.5) is 4.79 Å². The Bertz CT molecular complexity index is 330. The van der Waals surface area contributed by atoms with Gasteiger partial charge in [-0.25, -0.2) is 9.59 Å². The average molecular weight is 273 g/mol. The van der Waals surface area contributed by atoms with Crippen molar-refractivity contribution in [1.82, 2.24) is 5.32 Å². The molecule has 0 aliphatic rings. The van der Waals surface area contributed by atoms with Gasteiger partial charge in [0.2, 0.25) is 0 Å². The summed E-state index contributed by atoms with van der Waals surface area (Å²) in [6.07, 6.45) is 4.66. The zero-order valence-electron chi connectivity index (χ0n) is 10.9. The van der Waals surface area contributed by atoms with Crippen LogP contribution < -0.4 is 5.32 Å². The Balaban J connectivity index is 4.16. The number of ether oxygens (including phenoxy) is 1. The van der Waals surface area contributed by atoms with Crippen molar-refractivity contribution >= 4 is 23.8 Å². The van der Waals surface area contributed by atoms with E-state index in [1.807, 2.05) is 0 Å². The molecule has 0 aliphatic heterocycles. The molecule has 0 aromatic heterocycles. The van der Waals surface area contributed by atoms with Gasteiger partial charge in [0.25, 0.3) is 0 Å². The molecule has 5 nitrogen and oxygen atoms in total. The molecule has 18 heavy (non-hydrogen) atoms. The number of terminal acetylenes is 1. The number of carboxylic acid groups (broad SMARTS) is 1. The van der Waals surface area contributed by atoms with Gasteiger partial charge in [-0.05, 0) is 32.9 Å². The van der Waals surface area contributed by atoms with Gasteiger partial charge in [-0.2, -0.15) is 0 Å². The van der Waals surface area contributed by atoms with E-state index in [-0.39, 0.29) is 0 Å². The largest absolute Gasteiger partial charge is 0.480 e. The summed E-state index contributed by atoms with van der Waals surface area (Å²) in [6, 6.07) is -0.954. The quantitative estimate of drug-likeness (QED) is 0.569. The molecule has 0 rings (SSSR count). The summed E-state index contributed by atoms with van der Waals surface area (Å²) < 4.78 is 4.99. The zero-order valence-corrected chi connectivity index (χ0v) is 11.7. The van der Waals surface area contributed by atoms with E-state index in [1.54, 1.807) is 20.8 Å². The summed E-state index contributed by atoms with van der Waals surface area (Å²) >= 11 is 1.45. The minimum Gasteiger partial charge on any atom is -0.480 e. The molecule has 1 unspecified atom stereocenters. The summed E-state index contributed by atoms with van der Waals surface area (Å²) in [5, 5.41) is 11.3. The van der Waals surface area contributed by atoms with Crippen LogP contribution in [0, 0.1) is 12.3 Å². The maximum atomic E-state index is 11.4. The number of hydrogen-bond acceptors (Lipinski definition) is 4. The molecule has 0 radical (unpaired) electrons. The smallest absolute Gasteiger partial charge is 0.408 e. The molecule has 0 spiro atoms. The molecule has 1 atom stereocenters. The minimum absolute atomic E-state index is 0.306. The third-order valence-corrected chi connectivity index (χ3v) is 2.62. The maximum Gasteiger partial charge on any atom is 0.408 e. The van der Waals surface area contributed by atoms with Gasteiger partial charge in [0.15, 0.2) is 0 Å². The van der Waals surface area contributed by atoms with E-state index < -0.39 is 23.7 Å². The molecule has 102 valence electrons. The van der Waals surface area contributed by atoms with E-state index in [1.165, 1.54) is 11.8 Å². The lowest BCUT2D eigenvalue weighted by Gasteiger charge is -2.21. The van der Waals surface area contributed by atoms with Gasteiger partial charge in [0, 0.05) is 0 Å². The molecule has 0 bridgehead atoms. The van der Waals surface area contributed by atoms with Crippen molar-refractivity contribution in [2.24, 2.45) is 0 Å². The normalized spacial score (nSPS) is 12.3. The van der Waals surface area contributed by atoms with Crippen molar-refractivity contribution in [3.05, 3.63) is 0 Å². The Labute approximate surface area is 112 Å². The molecule has 0 heterocycles. The predicted molar refractivity (Wildman–Crippen MR) is 71.6 cm³/mol. The first-order valence-electron chi connectivity index (χ1n) is 5.50. The monoisotopic (exact) mass is 273 g/mol. The molecule has 0 aliphatic carbocycles. The highest BCUT2D eigenvalue weighted by atomic mass is 32.2. The van der Waals surface area contributed by atoms with Gasteiger partial charge in [0.05, 0.1) is 5.75 Å². The van der Waals surface area contributed by atoms with Crippen LogP contribution in [0.3, 0.4) is 0 Å². The third-order valence-electron chi connectivity index (χ3n) is 1.73. The van der Waals surface area contributed by atoms with Crippen LogP contribution in [0.15, 0.2) is 0 Å². The molecule has 6 heteroatoms. The van der Waals surface area contributed by atoms with Crippen molar-refractivity contribution < 1.29 is 19.4 Å². The fourth-order valence-corrected chi connectivity index (χ4v) is 1.70. The molecule has 2 N–H and O–H groups in total. The standard InChI is InChI=1S/C12H19NO4S/c1-5-7-18-8-6-9(10(14)15)13-11(16)17-12(2,3)4/h1,9H,6-8H2,2-4H3,(H,13,16)(H,14,15). The van der Waals surface area contributed by atoms with Gasteiger partial charge in [-0.1, -0.05) is 5.92 Å². The van der Waals surface area contributed by atoms with Gasteiger partial charge >= 0.3 is 12.1 Å². The second-order valence-electron chi connectivity index (χ2n) is 4.58. The van der Waals surface area contributed by atoms with E-state index in [2.05, 4.69) is 11.2 Å². The molecule has 0 aromatic rings. The summed E-state index contributed by atoms with van der Waals surface area (Å²) in [7, 11) is 0. The fraction of sp³-hybridized carbons (Fsp3) is 0.667. The van der Waals surface area contributed by atoms with E-state index >= 15 is 0 Å². The molecule has 0 aromatic carbocycles. The maximum absolute atomic E-state index is 11.4. The fourth-order valence-electron chi connectivity index (χ4n) is 1.04. The number of rotatable bonds is 6. The molecular weight excluding hydrogens is 254 g/mol. The summed E-state index contributed by atoms with van der Waals surface area (Å²) in [6.45, 7) is 5.14. The number of aliphatic carboxylic acids is 1. The third kappa shape index (κ3) is 8.76. The Kier molecular flexibility index (Phi) is 7.29. The Morgan fingerprint density at radius 1 is 1.50 bits per heavy atom. The number of carbonyl (C=O) groups excluding carboxylic acids is 1. The molecule has 0 fully saturated rings. The van der Waals surface area contributed by atoms with Crippen molar-refractivity contribution in [3.63, 3.8) is 0 Å². The minimum atomic E-state index is -1.08. The molecule has 1 amide bonds. The highest BCUT2D eigenvalue weighted by Crippen LogP contribution is 2.08. The highest BCUT2D eigenvalue weighted by molar-refractivity contribution is 7.99. The van der Waals surface area contributed by atoms with E-state index in [0.717, 1.165) is 0 Å². The van der Waals surface area contributed by atoms with Gasteiger partial charge in [0.1, 0.15) is 11.6 Å². The molecule has 0 saturated carbocycles. The number of alkyl carbamates (subject to hydrolysis) is 1. The van der Waals surface area contributed by atoms with Crippen LogP contribution in [0.25, 0.3) is 0 Å². The number of thioether (sulfide) groups is 1. The van der Waals surface area contributed by atoms with Gasteiger partial charge in [-0.3, -0.25) is 0 Å². The number of nitrogens with one attached hydrogen (secondary N) is 1. The first-order chi connectivity index (χ1) is 8.26. The first kappa shape index (κ1) is 16.6. The molecular formula is C12H19NO4S. The number of amides is 1. The Hall–Kier alpha value is -1.35. The summed E-state index contributed by atoms with van der Waals surface area (Å²) in [5.41, 5.74) is -0.647.